The number of amides is 1. The predicted molar refractivity (Wildman–Crippen MR) is 143 cm³/mol. The van der Waals surface area contributed by atoms with E-state index in [0.29, 0.717) is 32.0 Å². The maximum Gasteiger partial charge on any atom is 0.237 e. The summed E-state index contributed by atoms with van der Waals surface area (Å²) in [7, 11) is 0. The molecule has 0 radical (unpaired) electrons. The van der Waals surface area contributed by atoms with Crippen molar-refractivity contribution < 1.29 is 23.8 Å². The molecular weight excluding hydrogens is 491 g/mol. The lowest BCUT2D eigenvalue weighted by molar-refractivity contribution is -0.136. The quantitative estimate of drug-likeness (QED) is 0.335. The number of nitrogens with zero attached hydrogens (tertiary/aromatic N) is 2. The molecular formula is C29H33FN2O4S. The summed E-state index contributed by atoms with van der Waals surface area (Å²) in [4.78, 5) is 18.5. The molecule has 2 heterocycles. The Morgan fingerprint density at radius 3 is 2.76 bits per heavy atom. The fraction of sp³-hybridized carbons (Fsp3) is 0.345. The topological polar surface area (TPSA) is 62.2 Å². The largest absolute Gasteiger partial charge is 0.491 e. The fourth-order valence-electron chi connectivity index (χ4n) is 4.49. The molecule has 1 aliphatic rings. The zero-order valence-electron chi connectivity index (χ0n) is 20.8. The van der Waals surface area contributed by atoms with Crippen molar-refractivity contribution >= 4 is 17.2 Å². The van der Waals surface area contributed by atoms with Crippen molar-refractivity contribution in [2.45, 2.75) is 25.2 Å². The van der Waals surface area contributed by atoms with E-state index in [0.717, 1.165) is 17.5 Å². The second kappa shape index (κ2) is 13.5. The summed E-state index contributed by atoms with van der Waals surface area (Å²) in [6.45, 7) is 6.18. The highest BCUT2D eigenvalue weighted by atomic mass is 32.1. The normalized spacial score (nSPS) is 15.9. The van der Waals surface area contributed by atoms with Gasteiger partial charge in [-0.05, 0) is 53.3 Å². The third-order valence-corrected chi connectivity index (χ3v) is 7.27. The van der Waals surface area contributed by atoms with Crippen LogP contribution in [0.4, 0.5) is 4.39 Å². The van der Waals surface area contributed by atoms with Crippen molar-refractivity contribution in [1.29, 1.82) is 0 Å². The van der Waals surface area contributed by atoms with Gasteiger partial charge in [-0.25, -0.2) is 4.39 Å². The summed E-state index contributed by atoms with van der Waals surface area (Å²) in [6, 6.07) is 17.5. The number of fused-ring (bicyclic) bond motifs is 1. The number of aliphatic hydroxyl groups excluding tert-OH is 1. The molecule has 3 aromatic rings. The Morgan fingerprint density at radius 2 is 2.00 bits per heavy atom. The van der Waals surface area contributed by atoms with E-state index in [4.69, 9.17) is 9.47 Å². The molecule has 1 aliphatic heterocycles. The number of carbonyl (C=O) groups excluding carboxylic acids is 1. The van der Waals surface area contributed by atoms with Crippen LogP contribution >= 0.6 is 11.3 Å². The zero-order chi connectivity index (χ0) is 26.0. The Kier molecular flexibility index (Phi) is 9.85. The van der Waals surface area contributed by atoms with Crippen LogP contribution in [0.25, 0.3) is 0 Å². The van der Waals surface area contributed by atoms with Gasteiger partial charge >= 0.3 is 0 Å². The molecule has 4 rings (SSSR count). The van der Waals surface area contributed by atoms with Gasteiger partial charge in [-0.15, -0.1) is 17.9 Å². The fourth-order valence-corrected chi connectivity index (χ4v) is 5.41. The van der Waals surface area contributed by atoms with Crippen molar-refractivity contribution in [3.63, 3.8) is 0 Å². The number of ether oxygens (including phenoxy) is 2. The molecule has 0 bridgehead atoms. The van der Waals surface area contributed by atoms with Crippen LogP contribution in [-0.4, -0.2) is 66.3 Å². The Balaban J connectivity index is 1.35. The van der Waals surface area contributed by atoms with Crippen LogP contribution in [-0.2, 0) is 22.6 Å². The van der Waals surface area contributed by atoms with E-state index in [1.165, 1.54) is 17.0 Å². The summed E-state index contributed by atoms with van der Waals surface area (Å²) < 4.78 is 24.9. The van der Waals surface area contributed by atoms with E-state index in [2.05, 4.69) is 6.58 Å². The Bertz CT molecular complexity index is 1140. The van der Waals surface area contributed by atoms with Gasteiger partial charge in [0, 0.05) is 24.5 Å². The number of rotatable bonds is 13. The number of thiophene rings is 1. The summed E-state index contributed by atoms with van der Waals surface area (Å²) in [5.74, 6) is 0.198. The van der Waals surface area contributed by atoms with E-state index in [-0.39, 0.29) is 37.5 Å². The molecule has 1 N–H and O–H groups in total. The highest BCUT2D eigenvalue weighted by Gasteiger charge is 2.33. The summed E-state index contributed by atoms with van der Waals surface area (Å²) in [5, 5.41) is 12.6. The Morgan fingerprint density at radius 1 is 1.22 bits per heavy atom. The molecule has 2 aromatic carbocycles. The molecule has 2 atom stereocenters. The van der Waals surface area contributed by atoms with E-state index in [1.807, 2.05) is 51.6 Å². The van der Waals surface area contributed by atoms with Crippen LogP contribution in [0.15, 0.2) is 78.7 Å². The number of benzene rings is 2. The summed E-state index contributed by atoms with van der Waals surface area (Å²) in [6.07, 6.45) is 1.79. The Hall–Kier alpha value is -3.04. The molecule has 0 saturated carbocycles. The van der Waals surface area contributed by atoms with Gasteiger partial charge in [0.15, 0.2) is 0 Å². The molecule has 0 fully saturated rings. The summed E-state index contributed by atoms with van der Waals surface area (Å²) >= 11 is 1.69. The van der Waals surface area contributed by atoms with Crippen LogP contribution in [0.2, 0.25) is 0 Å². The smallest absolute Gasteiger partial charge is 0.237 e. The molecule has 196 valence electrons. The van der Waals surface area contributed by atoms with Crippen molar-refractivity contribution in [1.82, 2.24) is 9.80 Å². The van der Waals surface area contributed by atoms with Crippen molar-refractivity contribution in [3.05, 3.63) is 101 Å². The van der Waals surface area contributed by atoms with E-state index >= 15 is 0 Å². The lowest BCUT2D eigenvalue weighted by Gasteiger charge is -2.37. The molecule has 8 heteroatoms. The first-order chi connectivity index (χ1) is 18.0. The van der Waals surface area contributed by atoms with Gasteiger partial charge in [-0.2, -0.15) is 0 Å². The maximum absolute atomic E-state index is 13.5. The van der Waals surface area contributed by atoms with Gasteiger partial charge in [0.2, 0.25) is 5.91 Å². The Labute approximate surface area is 221 Å². The first-order valence-corrected chi connectivity index (χ1v) is 13.3. The number of hydrogen-bond acceptors (Lipinski definition) is 6. The number of aliphatic hydroxyl groups is 1. The molecule has 6 nitrogen and oxygen atoms in total. The van der Waals surface area contributed by atoms with Gasteiger partial charge in [0.05, 0.1) is 31.9 Å². The van der Waals surface area contributed by atoms with Gasteiger partial charge in [-0.3, -0.25) is 9.69 Å². The number of carbonyl (C=O) groups is 1. The first kappa shape index (κ1) is 27.0. The molecule has 1 aromatic heterocycles. The third-order valence-electron chi connectivity index (χ3n) is 6.27. The molecule has 0 spiro atoms. The molecule has 0 unspecified atom stereocenters. The van der Waals surface area contributed by atoms with Crippen molar-refractivity contribution in [3.8, 4) is 5.75 Å². The third kappa shape index (κ3) is 7.72. The van der Waals surface area contributed by atoms with Gasteiger partial charge in [0.1, 0.15) is 18.2 Å². The van der Waals surface area contributed by atoms with Crippen LogP contribution in [0.5, 0.6) is 5.75 Å². The first-order valence-electron chi connectivity index (χ1n) is 12.4. The monoisotopic (exact) mass is 524 g/mol. The minimum atomic E-state index is -0.737. The lowest BCUT2D eigenvalue weighted by Crippen LogP contribution is -2.48. The predicted octanol–water partition coefficient (Wildman–Crippen LogP) is 4.46. The molecule has 0 aliphatic carbocycles. The van der Waals surface area contributed by atoms with Crippen LogP contribution in [0.3, 0.4) is 0 Å². The number of hydrogen-bond donors (Lipinski definition) is 1. The highest BCUT2D eigenvalue weighted by molar-refractivity contribution is 7.10. The van der Waals surface area contributed by atoms with Gasteiger partial charge < -0.3 is 19.5 Å². The average Bonchev–Trinajstić information content (AvgIpc) is 3.38. The van der Waals surface area contributed by atoms with E-state index < -0.39 is 6.10 Å². The molecule has 1 amide bonds. The van der Waals surface area contributed by atoms with Crippen LogP contribution < -0.4 is 4.74 Å². The number of halogens is 1. The summed E-state index contributed by atoms with van der Waals surface area (Å²) in [5.41, 5.74) is 2.14. The second-order valence-corrected chi connectivity index (χ2v) is 10.1. The van der Waals surface area contributed by atoms with Crippen LogP contribution in [0.1, 0.15) is 22.0 Å². The minimum absolute atomic E-state index is 0.0381. The van der Waals surface area contributed by atoms with E-state index in [9.17, 15) is 14.3 Å². The minimum Gasteiger partial charge on any atom is -0.491 e. The van der Waals surface area contributed by atoms with Gasteiger partial charge in [0.25, 0.3) is 0 Å². The zero-order valence-corrected chi connectivity index (χ0v) is 21.6. The van der Waals surface area contributed by atoms with Gasteiger partial charge in [-0.1, -0.05) is 36.4 Å². The van der Waals surface area contributed by atoms with E-state index in [1.54, 1.807) is 29.5 Å². The highest BCUT2D eigenvalue weighted by Crippen LogP contribution is 2.34. The maximum atomic E-state index is 13.5. The SMILES string of the molecule is C=CCN(CC(=O)N1CCc2sccc2[C@@H]1COc1ccc(F)cc1)C[C@@H](O)COCc1ccccc1. The molecule has 0 saturated heterocycles. The lowest BCUT2D eigenvalue weighted by atomic mass is 10.0. The van der Waals surface area contributed by atoms with Crippen molar-refractivity contribution in [2.75, 3.05) is 39.4 Å². The van der Waals surface area contributed by atoms with Crippen molar-refractivity contribution in [2.24, 2.45) is 0 Å². The van der Waals surface area contributed by atoms with Crippen LogP contribution in [0, 0.1) is 5.82 Å². The average molecular weight is 525 g/mol. The second-order valence-electron chi connectivity index (χ2n) is 9.05. The standard InChI is InChI=1S/C29H33FN2O4S/c1-2-14-31(17-24(33)20-35-19-22-6-4-3-5-7-22)18-29(34)32-15-12-28-26(13-16-37-28)27(32)21-36-25-10-8-23(30)9-11-25/h2-11,13,16,24,27,33H,1,12,14-15,17-21H2/t24-,27+/m1/s1. The molecule has 37 heavy (non-hydrogen) atoms.